The van der Waals surface area contributed by atoms with Gasteiger partial charge in [0.05, 0.1) is 18.2 Å². The summed E-state index contributed by atoms with van der Waals surface area (Å²) in [4.78, 5) is 4.34. The van der Waals surface area contributed by atoms with Gasteiger partial charge in [-0.2, -0.15) is 0 Å². The monoisotopic (exact) mass is 319 g/mol. The Morgan fingerprint density at radius 2 is 2.05 bits per heavy atom. The minimum atomic E-state index is 0.437. The predicted molar refractivity (Wildman–Crippen MR) is 80.7 cm³/mol. The normalized spacial score (nSPS) is 19.0. The molecule has 4 heteroatoms. The lowest BCUT2D eigenvalue weighted by Gasteiger charge is -2.15. The number of aryl methyl sites for hydroxylation is 2. The predicted octanol–water partition coefficient (Wildman–Crippen LogP) is 3.68. The van der Waals surface area contributed by atoms with Crippen LogP contribution < -0.4 is 5.32 Å². The van der Waals surface area contributed by atoms with Gasteiger partial charge in [-0.1, -0.05) is 15.9 Å². The maximum absolute atomic E-state index is 4.34. The smallest absolute Gasteiger partial charge is 0.0994 e. The van der Waals surface area contributed by atoms with E-state index < -0.39 is 0 Å². The van der Waals surface area contributed by atoms with Crippen LogP contribution in [0.15, 0.2) is 29.1 Å². The molecule has 3 nitrogen and oxygen atoms in total. The Morgan fingerprint density at radius 3 is 2.68 bits per heavy atom. The molecule has 1 aromatic heterocycles. The van der Waals surface area contributed by atoms with Crippen molar-refractivity contribution in [1.29, 1.82) is 0 Å². The average molecular weight is 320 g/mol. The second-order valence-electron chi connectivity index (χ2n) is 5.23. The molecule has 1 aromatic carbocycles. The van der Waals surface area contributed by atoms with Gasteiger partial charge in [0.15, 0.2) is 0 Å². The van der Waals surface area contributed by atoms with E-state index in [1.807, 2.05) is 12.5 Å². The molecule has 0 spiro atoms. The first-order valence-corrected chi connectivity index (χ1v) is 7.49. The largest absolute Gasteiger partial charge is 0.309 e. The topological polar surface area (TPSA) is 29.9 Å². The highest BCUT2D eigenvalue weighted by molar-refractivity contribution is 9.10. The van der Waals surface area contributed by atoms with Gasteiger partial charge < -0.3 is 9.88 Å². The number of rotatable bonds is 2. The van der Waals surface area contributed by atoms with Gasteiger partial charge in [0.2, 0.25) is 0 Å². The zero-order valence-electron chi connectivity index (χ0n) is 11.3. The molecule has 100 valence electrons. The summed E-state index contributed by atoms with van der Waals surface area (Å²) in [7, 11) is 0. The van der Waals surface area contributed by atoms with E-state index in [4.69, 9.17) is 0 Å². The molecule has 0 aliphatic carbocycles. The molecule has 2 heterocycles. The number of benzene rings is 1. The maximum Gasteiger partial charge on any atom is 0.0994 e. The molecule has 0 bridgehead atoms. The van der Waals surface area contributed by atoms with Gasteiger partial charge in [-0.15, -0.1) is 0 Å². The van der Waals surface area contributed by atoms with Gasteiger partial charge in [0.1, 0.15) is 0 Å². The Labute approximate surface area is 122 Å². The number of hydrogen-bond donors (Lipinski definition) is 1. The van der Waals surface area contributed by atoms with E-state index in [9.17, 15) is 0 Å². The summed E-state index contributed by atoms with van der Waals surface area (Å²) >= 11 is 3.62. The molecular weight excluding hydrogens is 302 g/mol. The van der Waals surface area contributed by atoms with Crippen LogP contribution in [-0.2, 0) is 0 Å². The van der Waals surface area contributed by atoms with Crippen LogP contribution in [0, 0.1) is 13.8 Å². The minimum absolute atomic E-state index is 0.437. The third kappa shape index (κ3) is 2.35. The highest BCUT2D eigenvalue weighted by Crippen LogP contribution is 2.28. The molecule has 1 N–H and O–H groups in total. The summed E-state index contributed by atoms with van der Waals surface area (Å²) in [5.74, 6) is 0. The van der Waals surface area contributed by atoms with Crippen LogP contribution in [0.4, 0.5) is 0 Å². The molecule has 0 saturated carbocycles. The van der Waals surface area contributed by atoms with Gasteiger partial charge in [0.25, 0.3) is 0 Å². The van der Waals surface area contributed by atoms with Crippen molar-refractivity contribution in [3.8, 4) is 5.69 Å². The van der Waals surface area contributed by atoms with Crippen LogP contribution >= 0.6 is 15.9 Å². The average Bonchev–Trinajstić information content (AvgIpc) is 3.04. The highest BCUT2D eigenvalue weighted by atomic mass is 79.9. The Morgan fingerprint density at radius 1 is 1.32 bits per heavy atom. The minimum Gasteiger partial charge on any atom is -0.309 e. The van der Waals surface area contributed by atoms with Crippen LogP contribution in [0.2, 0.25) is 0 Å². The molecule has 2 aromatic rings. The van der Waals surface area contributed by atoms with Crippen LogP contribution in [-0.4, -0.2) is 16.1 Å². The summed E-state index contributed by atoms with van der Waals surface area (Å²) in [5, 5.41) is 3.54. The third-order valence-corrected chi connectivity index (χ3v) is 5.03. The summed E-state index contributed by atoms with van der Waals surface area (Å²) < 4.78 is 3.40. The number of nitrogens with zero attached hydrogens (tertiary/aromatic N) is 2. The second-order valence-corrected chi connectivity index (χ2v) is 6.02. The van der Waals surface area contributed by atoms with Crippen LogP contribution in [0.3, 0.4) is 0 Å². The summed E-state index contributed by atoms with van der Waals surface area (Å²) in [6, 6.07) is 4.85. The first-order valence-electron chi connectivity index (χ1n) is 6.69. The number of halogens is 1. The van der Waals surface area contributed by atoms with E-state index in [1.54, 1.807) is 0 Å². The molecule has 0 radical (unpaired) electrons. The van der Waals surface area contributed by atoms with Crippen LogP contribution in [0.5, 0.6) is 0 Å². The molecular formula is C15H18BrN3. The van der Waals surface area contributed by atoms with Gasteiger partial charge in [-0.3, -0.25) is 0 Å². The van der Waals surface area contributed by atoms with E-state index in [-0.39, 0.29) is 0 Å². The highest BCUT2D eigenvalue weighted by Gasteiger charge is 2.20. The zero-order chi connectivity index (χ0) is 13.4. The Bertz CT molecular complexity index is 574. The molecule has 0 amide bonds. The molecule has 1 aliphatic rings. The fraction of sp³-hybridized carbons (Fsp3) is 0.400. The number of hydrogen-bond acceptors (Lipinski definition) is 2. The summed E-state index contributed by atoms with van der Waals surface area (Å²) in [6.45, 7) is 5.37. The molecule has 0 unspecified atom stereocenters. The van der Waals surface area contributed by atoms with E-state index in [1.165, 1.54) is 39.8 Å². The Balaban J connectivity index is 2.05. The lowest BCUT2D eigenvalue weighted by Crippen LogP contribution is -2.16. The molecule has 1 aliphatic heterocycles. The second kappa shape index (κ2) is 5.10. The summed E-state index contributed by atoms with van der Waals surface area (Å²) in [5.41, 5.74) is 4.97. The third-order valence-electron chi connectivity index (χ3n) is 3.78. The molecule has 19 heavy (non-hydrogen) atoms. The van der Waals surface area contributed by atoms with Gasteiger partial charge in [0, 0.05) is 16.2 Å². The van der Waals surface area contributed by atoms with Crippen molar-refractivity contribution in [1.82, 2.24) is 14.9 Å². The standard InChI is InChI=1S/C15H18BrN3/c1-10-6-12(7-11(2)15(10)16)19-9-17-8-14(19)13-4-3-5-18-13/h6-9,13,18H,3-5H2,1-2H3/t13-/m0/s1. The van der Waals surface area contributed by atoms with Crippen molar-refractivity contribution in [3.05, 3.63) is 46.0 Å². The number of aromatic nitrogens is 2. The van der Waals surface area contributed by atoms with Crippen molar-refractivity contribution in [2.45, 2.75) is 32.7 Å². The van der Waals surface area contributed by atoms with Crippen molar-refractivity contribution >= 4 is 15.9 Å². The van der Waals surface area contributed by atoms with Gasteiger partial charge >= 0.3 is 0 Å². The van der Waals surface area contributed by atoms with Crippen molar-refractivity contribution in [3.63, 3.8) is 0 Å². The number of nitrogens with one attached hydrogen (secondary N) is 1. The van der Waals surface area contributed by atoms with Gasteiger partial charge in [-0.25, -0.2) is 4.98 Å². The maximum atomic E-state index is 4.34. The van der Waals surface area contributed by atoms with Gasteiger partial charge in [-0.05, 0) is 56.5 Å². The SMILES string of the molecule is Cc1cc(-n2cncc2[C@@H]2CCCN2)cc(C)c1Br. The van der Waals surface area contributed by atoms with E-state index >= 15 is 0 Å². The lowest BCUT2D eigenvalue weighted by molar-refractivity contribution is 0.615. The Hall–Kier alpha value is -1.13. The van der Waals surface area contributed by atoms with Crippen LogP contribution in [0.1, 0.15) is 35.7 Å². The fourth-order valence-electron chi connectivity index (χ4n) is 2.78. The van der Waals surface area contributed by atoms with Crippen molar-refractivity contribution < 1.29 is 0 Å². The zero-order valence-corrected chi connectivity index (χ0v) is 12.9. The lowest BCUT2D eigenvalue weighted by atomic mass is 10.1. The van der Waals surface area contributed by atoms with E-state index in [2.05, 4.69) is 56.8 Å². The van der Waals surface area contributed by atoms with E-state index in [0.717, 1.165) is 6.54 Å². The quantitative estimate of drug-likeness (QED) is 0.915. The first kappa shape index (κ1) is 12.9. The fourth-order valence-corrected chi connectivity index (χ4v) is 3.01. The van der Waals surface area contributed by atoms with E-state index in [0.29, 0.717) is 6.04 Å². The molecule has 3 rings (SSSR count). The Kier molecular flexibility index (Phi) is 3.46. The molecule has 1 fully saturated rings. The van der Waals surface area contributed by atoms with Crippen molar-refractivity contribution in [2.75, 3.05) is 6.54 Å². The van der Waals surface area contributed by atoms with Crippen LogP contribution in [0.25, 0.3) is 5.69 Å². The number of imidazole rings is 1. The van der Waals surface area contributed by atoms with Crippen molar-refractivity contribution in [2.24, 2.45) is 0 Å². The summed E-state index contributed by atoms with van der Waals surface area (Å²) in [6.07, 6.45) is 6.33. The first-order chi connectivity index (χ1) is 9.16. The molecule has 1 saturated heterocycles. The molecule has 1 atom stereocenters.